The molecule has 1 aromatic carbocycles. The second-order valence-corrected chi connectivity index (χ2v) is 11.2. The smallest absolute Gasteiger partial charge is 0.308 e. The molecular weight excluding hydrogens is 478 g/mol. The largest absolute Gasteiger partial charge is 0.493 e. The minimum atomic E-state index is -0.807. The standard InChI is InChI=1S/C31H41N3O4/c1-5-7-15-34(24-9-8-14-32-19-24)28(35)21-33-20-25(22-10-11-27-23(17-22)12-16-38-27)29(30(36)37)26(33)18-31(3,4)13-6-2/h6,8-11,13-14,17,19,25-26,29H,5,7,12,15-16,18,20-21H2,1-4H3,(H,36,37)/b13-6+/t25-,26+,29-/m1/s1. The summed E-state index contributed by atoms with van der Waals surface area (Å²) in [6.07, 6.45) is 10.9. The number of carbonyl (C=O) groups is 2. The van der Waals surface area contributed by atoms with Crippen LogP contribution in [0.2, 0.25) is 0 Å². The van der Waals surface area contributed by atoms with E-state index >= 15 is 0 Å². The summed E-state index contributed by atoms with van der Waals surface area (Å²) < 4.78 is 5.69. The first-order valence-corrected chi connectivity index (χ1v) is 13.8. The number of carboxylic acid groups (broad SMARTS) is 1. The monoisotopic (exact) mass is 519 g/mol. The van der Waals surface area contributed by atoms with Gasteiger partial charge in [0.2, 0.25) is 5.91 Å². The van der Waals surface area contributed by atoms with Gasteiger partial charge in [0.15, 0.2) is 0 Å². The van der Waals surface area contributed by atoms with Crippen LogP contribution in [-0.2, 0) is 16.0 Å². The number of fused-ring (bicyclic) bond motifs is 1. The number of nitrogens with zero attached hydrogens (tertiary/aromatic N) is 3. The Kier molecular flexibility index (Phi) is 8.87. The summed E-state index contributed by atoms with van der Waals surface area (Å²) in [7, 11) is 0. The maximum Gasteiger partial charge on any atom is 0.308 e. The number of benzene rings is 1. The molecule has 7 heteroatoms. The number of hydrogen-bond acceptors (Lipinski definition) is 5. The minimum Gasteiger partial charge on any atom is -0.493 e. The lowest BCUT2D eigenvalue weighted by atomic mass is 9.77. The number of likely N-dealkylation sites (tertiary alicyclic amines) is 1. The molecule has 7 nitrogen and oxygen atoms in total. The number of unbranched alkanes of at least 4 members (excludes halogenated alkanes) is 1. The number of allylic oxidation sites excluding steroid dienone is 2. The van der Waals surface area contributed by atoms with Crippen LogP contribution in [0, 0.1) is 11.3 Å². The van der Waals surface area contributed by atoms with Gasteiger partial charge in [-0.3, -0.25) is 19.5 Å². The van der Waals surface area contributed by atoms with Crippen molar-refractivity contribution in [2.75, 3.05) is 31.1 Å². The van der Waals surface area contributed by atoms with Crippen molar-refractivity contribution in [3.63, 3.8) is 0 Å². The highest BCUT2D eigenvalue weighted by Crippen LogP contribution is 2.44. The Morgan fingerprint density at radius 1 is 1.29 bits per heavy atom. The average Bonchev–Trinajstić information content (AvgIpc) is 3.49. The molecule has 1 amide bonds. The highest BCUT2D eigenvalue weighted by molar-refractivity contribution is 5.94. The number of carboxylic acids is 1. The van der Waals surface area contributed by atoms with E-state index in [0.29, 0.717) is 26.1 Å². The van der Waals surface area contributed by atoms with Gasteiger partial charge in [-0.2, -0.15) is 0 Å². The van der Waals surface area contributed by atoms with E-state index in [-0.39, 0.29) is 29.8 Å². The summed E-state index contributed by atoms with van der Waals surface area (Å²) in [5, 5.41) is 10.5. The van der Waals surface area contributed by atoms with E-state index in [1.165, 1.54) is 0 Å². The molecule has 3 heterocycles. The number of rotatable bonds is 11. The third kappa shape index (κ3) is 6.26. The summed E-state index contributed by atoms with van der Waals surface area (Å²) in [6.45, 7) is 10.3. The van der Waals surface area contributed by atoms with Gasteiger partial charge in [-0.15, -0.1) is 0 Å². The van der Waals surface area contributed by atoms with Crippen molar-refractivity contribution < 1.29 is 19.4 Å². The van der Waals surface area contributed by atoms with Crippen molar-refractivity contribution >= 4 is 17.6 Å². The first-order valence-electron chi connectivity index (χ1n) is 13.8. The molecule has 0 aliphatic carbocycles. The SMILES string of the molecule is C/C=C/C(C)(C)C[C@H]1[C@H](C(=O)O)[C@@H](c2ccc3c(c2)CCO3)CN1CC(=O)N(CCCC)c1cccnc1. The zero-order valence-electron chi connectivity index (χ0n) is 23.1. The number of amides is 1. The predicted octanol–water partition coefficient (Wildman–Crippen LogP) is 5.31. The summed E-state index contributed by atoms with van der Waals surface area (Å²) in [6, 6.07) is 9.57. The fourth-order valence-corrected chi connectivity index (χ4v) is 6.07. The van der Waals surface area contributed by atoms with E-state index in [1.54, 1.807) is 17.3 Å². The number of anilines is 1. The van der Waals surface area contributed by atoms with Gasteiger partial charge in [-0.05, 0) is 54.5 Å². The first kappa shape index (κ1) is 27.8. The molecule has 204 valence electrons. The maximum absolute atomic E-state index is 13.8. The first-order chi connectivity index (χ1) is 18.2. The second-order valence-electron chi connectivity index (χ2n) is 11.2. The molecule has 1 saturated heterocycles. The fourth-order valence-electron chi connectivity index (χ4n) is 6.07. The molecule has 3 atom stereocenters. The van der Waals surface area contributed by atoms with Crippen LogP contribution in [0.3, 0.4) is 0 Å². The minimum absolute atomic E-state index is 0.0209. The molecule has 2 aliphatic rings. The third-order valence-electron chi connectivity index (χ3n) is 7.86. The number of aromatic nitrogens is 1. The van der Waals surface area contributed by atoms with Crippen LogP contribution in [0.15, 0.2) is 54.9 Å². The Hall–Kier alpha value is -3.19. The van der Waals surface area contributed by atoms with Gasteiger partial charge < -0.3 is 14.7 Å². The van der Waals surface area contributed by atoms with E-state index < -0.39 is 11.9 Å². The van der Waals surface area contributed by atoms with Gasteiger partial charge >= 0.3 is 5.97 Å². The van der Waals surface area contributed by atoms with Crippen LogP contribution >= 0.6 is 0 Å². The Bertz CT molecular complexity index is 1150. The summed E-state index contributed by atoms with van der Waals surface area (Å²) >= 11 is 0. The zero-order valence-corrected chi connectivity index (χ0v) is 23.1. The van der Waals surface area contributed by atoms with Crippen LogP contribution in [0.1, 0.15) is 64.0 Å². The van der Waals surface area contributed by atoms with Crippen LogP contribution < -0.4 is 9.64 Å². The van der Waals surface area contributed by atoms with Gasteiger partial charge in [0, 0.05) is 37.7 Å². The highest BCUT2D eigenvalue weighted by Gasteiger charge is 2.48. The van der Waals surface area contributed by atoms with Crippen LogP contribution in [0.5, 0.6) is 5.75 Å². The van der Waals surface area contributed by atoms with Gasteiger partial charge in [0.1, 0.15) is 5.75 Å². The molecule has 1 N–H and O–H groups in total. The summed E-state index contributed by atoms with van der Waals surface area (Å²) in [5.41, 5.74) is 2.72. The summed E-state index contributed by atoms with van der Waals surface area (Å²) in [5.74, 6) is -0.764. The number of hydrogen-bond donors (Lipinski definition) is 1. The molecule has 0 spiro atoms. The van der Waals surface area contributed by atoms with Crippen LogP contribution in [-0.4, -0.2) is 59.1 Å². The lowest BCUT2D eigenvalue weighted by Gasteiger charge is -2.34. The van der Waals surface area contributed by atoms with E-state index in [4.69, 9.17) is 4.74 Å². The molecule has 0 unspecified atom stereocenters. The molecule has 0 saturated carbocycles. The quantitative estimate of drug-likeness (QED) is 0.405. The fraction of sp³-hybridized carbons (Fsp3) is 0.516. The average molecular weight is 520 g/mol. The van der Waals surface area contributed by atoms with Crippen molar-refractivity contribution in [1.29, 1.82) is 0 Å². The Balaban J connectivity index is 1.67. The zero-order chi connectivity index (χ0) is 27.3. The maximum atomic E-state index is 13.8. The van der Waals surface area contributed by atoms with E-state index in [1.807, 2.05) is 37.3 Å². The third-order valence-corrected chi connectivity index (χ3v) is 7.86. The molecule has 2 aromatic rings. The Labute approximate surface area is 226 Å². The van der Waals surface area contributed by atoms with E-state index in [2.05, 4.69) is 42.8 Å². The molecule has 1 aromatic heterocycles. The van der Waals surface area contributed by atoms with Gasteiger partial charge in [0.05, 0.1) is 31.0 Å². The van der Waals surface area contributed by atoms with E-state index in [9.17, 15) is 14.7 Å². The van der Waals surface area contributed by atoms with Crippen molar-refractivity contribution in [3.8, 4) is 5.75 Å². The lowest BCUT2D eigenvalue weighted by molar-refractivity contribution is -0.143. The van der Waals surface area contributed by atoms with Crippen molar-refractivity contribution in [2.24, 2.45) is 11.3 Å². The lowest BCUT2D eigenvalue weighted by Crippen LogP contribution is -2.45. The highest BCUT2D eigenvalue weighted by atomic mass is 16.5. The molecule has 38 heavy (non-hydrogen) atoms. The molecular formula is C31H41N3O4. The molecule has 0 bridgehead atoms. The van der Waals surface area contributed by atoms with Crippen molar-refractivity contribution in [2.45, 2.75) is 65.3 Å². The topological polar surface area (TPSA) is 83.0 Å². The number of aliphatic carboxylic acids is 1. The second kappa shape index (κ2) is 12.1. The normalized spacial score (nSPS) is 21.4. The van der Waals surface area contributed by atoms with Gasteiger partial charge in [-0.25, -0.2) is 0 Å². The van der Waals surface area contributed by atoms with Gasteiger partial charge in [-0.1, -0.05) is 51.5 Å². The molecule has 0 radical (unpaired) electrons. The van der Waals surface area contributed by atoms with Crippen LogP contribution in [0.25, 0.3) is 0 Å². The van der Waals surface area contributed by atoms with Crippen molar-refractivity contribution in [1.82, 2.24) is 9.88 Å². The number of pyridine rings is 1. The molecule has 1 fully saturated rings. The Morgan fingerprint density at radius 3 is 2.79 bits per heavy atom. The number of carbonyl (C=O) groups excluding carboxylic acids is 1. The van der Waals surface area contributed by atoms with Crippen LogP contribution in [0.4, 0.5) is 5.69 Å². The molecule has 2 aliphatic heterocycles. The Morgan fingerprint density at radius 2 is 2.11 bits per heavy atom. The predicted molar refractivity (Wildman–Crippen MR) is 150 cm³/mol. The van der Waals surface area contributed by atoms with Crippen molar-refractivity contribution in [3.05, 3.63) is 66.0 Å². The van der Waals surface area contributed by atoms with E-state index in [0.717, 1.165) is 41.8 Å². The number of ether oxygens (including phenoxy) is 1. The van der Waals surface area contributed by atoms with Gasteiger partial charge in [0.25, 0.3) is 0 Å². The summed E-state index contributed by atoms with van der Waals surface area (Å²) in [4.78, 5) is 34.8. The molecule has 4 rings (SSSR count).